The van der Waals surface area contributed by atoms with Crippen molar-refractivity contribution in [3.8, 4) is 5.75 Å². The van der Waals surface area contributed by atoms with Crippen molar-refractivity contribution in [3.05, 3.63) is 53.3 Å². The maximum Gasteiger partial charge on any atom is 0.410 e. The summed E-state index contributed by atoms with van der Waals surface area (Å²) in [6, 6.07) is 9.88. The second kappa shape index (κ2) is 8.38. The van der Waals surface area contributed by atoms with Gasteiger partial charge in [0, 0.05) is 32.4 Å². The highest BCUT2D eigenvalue weighted by molar-refractivity contribution is 6.02. The fraction of sp³-hybridized carbons (Fsp3) is 0.417. The van der Waals surface area contributed by atoms with E-state index < -0.39 is 0 Å². The van der Waals surface area contributed by atoms with Gasteiger partial charge < -0.3 is 14.4 Å². The average Bonchev–Trinajstić information content (AvgIpc) is 3.37. The Labute approximate surface area is 191 Å². The lowest BCUT2D eigenvalue weighted by molar-refractivity contribution is 0.0633. The fourth-order valence-electron chi connectivity index (χ4n) is 5.03. The predicted octanol–water partition coefficient (Wildman–Crippen LogP) is 3.08. The summed E-state index contributed by atoms with van der Waals surface area (Å²) < 4.78 is 12.7. The third-order valence-electron chi connectivity index (χ3n) is 6.65. The van der Waals surface area contributed by atoms with Gasteiger partial charge in [0.25, 0.3) is 5.91 Å². The van der Waals surface area contributed by atoms with E-state index in [1.807, 2.05) is 54.1 Å². The molecule has 2 aliphatic rings. The number of aromatic nitrogens is 3. The van der Waals surface area contributed by atoms with Crippen molar-refractivity contribution in [2.75, 3.05) is 26.8 Å². The van der Waals surface area contributed by atoms with Crippen molar-refractivity contribution < 1.29 is 19.1 Å². The maximum atomic E-state index is 13.4. The zero-order chi connectivity index (χ0) is 23.1. The minimum Gasteiger partial charge on any atom is -0.495 e. The van der Waals surface area contributed by atoms with Crippen LogP contribution in [0.25, 0.3) is 11.0 Å². The van der Waals surface area contributed by atoms with Gasteiger partial charge in [0.15, 0.2) is 5.65 Å². The number of carbonyl (C=O) groups is 2. The van der Waals surface area contributed by atoms with E-state index in [1.165, 1.54) is 0 Å². The van der Waals surface area contributed by atoms with E-state index in [0.717, 1.165) is 16.6 Å². The standard InChI is InChI=1S/C24H27N5O4/c1-15-20-21(32-3)18(13-25-22(20)27(2)26-15)23(30)28-11-9-17(10-12-28)29-19(14-33-24(29)31)16-7-5-4-6-8-16/h4-8,13,17,19H,9-12,14H2,1-3H3. The van der Waals surface area contributed by atoms with Crippen LogP contribution in [0.5, 0.6) is 5.75 Å². The second-order valence-electron chi connectivity index (χ2n) is 8.55. The molecule has 1 atom stereocenters. The summed E-state index contributed by atoms with van der Waals surface area (Å²) in [5, 5.41) is 5.16. The zero-order valence-electron chi connectivity index (χ0n) is 19.0. The van der Waals surface area contributed by atoms with E-state index in [0.29, 0.717) is 49.5 Å². The number of nitrogens with zero attached hydrogens (tertiary/aromatic N) is 5. The number of methoxy groups -OCH3 is 1. The molecule has 9 heteroatoms. The molecule has 9 nitrogen and oxygen atoms in total. The molecule has 3 aromatic rings. The van der Waals surface area contributed by atoms with Gasteiger partial charge in [-0.3, -0.25) is 14.4 Å². The van der Waals surface area contributed by atoms with Crippen molar-refractivity contribution in [1.29, 1.82) is 0 Å². The van der Waals surface area contributed by atoms with Crippen molar-refractivity contribution in [2.24, 2.45) is 7.05 Å². The lowest BCUT2D eigenvalue weighted by Crippen LogP contribution is -2.47. The van der Waals surface area contributed by atoms with Gasteiger partial charge in [-0.05, 0) is 25.3 Å². The largest absolute Gasteiger partial charge is 0.495 e. The van der Waals surface area contributed by atoms with Crippen LogP contribution in [0.15, 0.2) is 36.5 Å². The highest BCUT2D eigenvalue weighted by Gasteiger charge is 2.41. The average molecular weight is 450 g/mol. The number of rotatable bonds is 4. The lowest BCUT2D eigenvalue weighted by Gasteiger charge is -2.38. The number of carbonyl (C=O) groups excluding carboxylic acids is 2. The summed E-state index contributed by atoms with van der Waals surface area (Å²) in [4.78, 5) is 34.0. The Balaban J connectivity index is 1.34. The van der Waals surface area contributed by atoms with Crippen LogP contribution in [0, 0.1) is 6.92 Å². The highest BCUT2D eigenvalue weighted by Crippen LogP contribution is 2.35. The summed E-state index contributed by atoms with van der Waals surface area (Å²) >= 11 is 0. The Morgan fingerprint density at radius 3 is 2.61 bits per heavy atom. The molecule has 1 aromatic carbocycles. The van der Waals surface area contributed by atoms with Crippen LogP contribution in [-0.4, -0.2) is 69.4 Å². The van der Waals surface area contributed by atoms with Gasteiger partial charge in [0.1, 0.15) is 17.9 Å². The molecule has 2 aliphatic heterocycles. The van der Waals surface area contributed by atoms with Gasteiger partial charge in [-0.2, -0.15) is 5.10 Å². The molecule has 0 radical (unpaired) electrons. The third kappa shape index (κ3) is 3.57. The van der Waals surface area contributed by atoms with Gasteiger partial charge in [-0.1, -0.05) is 30.3 Å². The van der Waals surface area contributed by atoms with Crippen LogP contribution in [0.3, 0.4) is 0 Å². The minimum atomic E-state index is -0.281. The van der Waals surface area contributed by atoms with Crippen molar-refractivity contribution in [1.82, 2.24) is 24.6 Å². The van der Waals surface area contributed by atoms with E-state index in [9.17, 15) is 9.59 Å². The quantitative estimate of drug-likeness (QED) is 0.608. The van der Waals surface area contributed by atoms with Crippen molar-refractivity contribution in [2.45, 2.75) is 31.8 Å². The summed E-state index contributed by atoms with van der Waals surface area (Å²) in [5.74, 6) is 0.386. The summed E-state index contributed by atoms with van der Waals surface area (Å²) in [6.45, 7) is 3.32. The topological polar surface area (TPSA) is 89.8 Å². The highest BCUT2D eigenvalue weighted by atomic mass is 16.6. The number of pyridine rings is 1. The second-order valence-corrected chi connectivity index (χ2v) is 8.55. The molecule has 0 saturated carbocycles. The first-order valence-corrected chi connectivity index (χ1v) is 11.1. The number of fused-ring (bicyclic) bond motifs is 1. The molecule has 33 heavy (non-hydrogen) atoms. The Bertz CT molecular complexity index is 1200. The smallest absolute Gasteiger partial charge is 0.410 e. The first-order valence-electron chi connectivity index (χ1n) is 11.1. The third-order valence-corrected chi connectivity index (χ3v) is 6.65. The Kier molecular flexibility index (Phi) is 5.39. The Hall–Kier alpha value is -3.62. The molecule has 2 aromatic heterocycles. The molecule has 172 valence electrons. The maximum absolute atomic E-state index is 13.4. The number of likely N-dealkylation sites (tertiary alicyclic amines) is 1. The molecule has 2 amide bonds. The number of amides is 2. The zero-order valence-corrected chi connectivity index (χ0v) is 19.0. The van der Waals surface area contributed by atoms with Gasteiger partial charge in [0.2, 0.25) is 0 Å². The van der Waals surface area contributed by atoms with Crippen molar-refractivity contribution in [3.63, 3.8) is 0 Å². The van der Waals surface area contributed by atoms with E-state index in [-0.39, 0.29) is 24.1 Å². The number of piperidine rings is 1. The van der Waals surface area contributed by atoms with Crippen molar-refractivity contribution >= 4 is 23.0 Å². The Morgan fingerprint density at radius 2 is 1.91 bits per heavy atom. The van der Waals surface area contributed by atoms with Crippen LogP contribution in [0.4, 0.5) is 4.79 Å². The molecule has 5 rings (SSSR count). The molecule has 2 fully saturated rings. The number of ether oxygens (including phenoxy) is 2. The number of hydrogen-bond donors (Lipinski definition) is 0. The van der Waals surface area contributed by atoms with Gasteiger partial charge >= 0.3 is 6.09 Å². The van der Waals surface area contributed by atoms with Crippen LogP contribution in [0.2, 0.25) is 0 Å². The van der Waals surface area contributed by atoms with E-state index >= 15 is 0 Å². The van der Waals surface area contributed by atoms with Crippen LogP contribution in [0.1, 0.15) is 40.5 Å². The van der Waals surface area contributed by atoms with Gasteiger partial charge in [-0.25, -0.2) is 9.78 Å². The summed E-state index contributed by atoms with van der Waals surface area (Å²) in [5.41, 5.74) is 2.95. The fourth-order valence-corrected chi connectivity index (χ4v) is 5.03. The van der Waals surface area contributed by atoms with E-state index in [2.05, 4.69) is 10.1 Å². The van der Waals surface area contributed by atoms with E-state index in [1.54, 1.807) is 18.0 Å². The first-order chi connectivity index (χ1) is 16.0. The van der Waals surface area contributed by atoms with E-state index in [4.69, 9.17) is 9.47 Å². The first kappa shape index (κ1) is 21.2. The molecule has 0 spiro atoms. The summed E-state index contributed by atoms with van der Waals surface area (Å²) in [6.07, 6.45) is 2.67. The van der Waals surface area contributed by atoms with Crippen LogP contribution < -0.4 is 4.74 Å². The number of cyclic esters (lactones) is 1. The SMILES string of the molecule is COc1c(C(=O)N2CCC(N3C(=O)OCC3c3ccccc3)CC2)cnc2c1c(C)nn2C. The molecule has 1 unspecified atom stereocenters. The normalized spacial score (nSPS) is 19.2. The molecule has 0 bridgehead atoms. The molecule has 2 saturated heterocycles. The number of hydrogen-bond acceptors (Lipinski definition) is 6. The number of benzene rings is 1. The number of aryl methyl sites for hydroxylation is 2. The molecular formula is C24H27N5O4. The van der Waals surface area contributed by atoms with Crippen LogP contribution >= 0.6 is 0 Å². The monoisotopic (exact) mass is 449 g/mol. The molecule has 0 aliphatic carbocycles. The van der Waals surface area contributed by atoms with Gasteiger partial charge in [-0.15, -0.1) is 0 Å². The Morgan fingerprint density at radius 1 is 1.18 bits per heavy atom. The minimum absolute atomic E-state index is 0.0253. The predicted molar refractivity (Wildman–Crippen MR) is 121 cm³/mol. The molecular weight excluding hydrogens is 422 g/mol. The molecule has 0 N–H and O–H groups in total. The lowest BCUT2D eigenvalue weighted by atomic mass is 9.98. The summed E-state index contributed by atoms with van der Waals surface area (Å²) in [7, 11) is 3.38. The molecule has 4 heterocycles. The van der Waals surface area contributed by atoms with Gasteiger partial charge in [0.05, 0.1) is 24.2 Å². The van der Waals surface area contributed by atoms with Crippen LogP contribution in [-0.2, 0) is 11.8 Å².